The predicted molar refractivity (Wildman–Crippen MR) is 82.1 cm³/mol. The number of amides is 1. The van der Waals surface area contributed by atoms with E-state index >= 15 is 0 Å². The molecule has 0 radical (unpaired) electrons. The third-order valence-corrected chi connectivity index (χ3v) is 3.06. The zero-order valence-electron chi connectivity index (χ0n) is 12.0. The van der Waals surface area contributed by atoms with Crippen LogP contribution in [0.2, 0.25) is 5.02 Å². The molecule has 6 nitrogen and oxygen atoms in total. The van der Waals surface area contributed by atoms with Crippen molar-refractivity contribution in [1.29, 1.82) is 0 Å². The minimum Gasteiger partial charge on any atom is -0.323 e. The second kappa shape index (κ2) is 7.19. The molecular weight excluding hydrogens is 290 g/mol. The van der Waals surface area contributed by atoms with Gasteiger partial charge in [0.15, 0.2) is 0 Å². The van der Waals surface area contributed by atoms with Crippen LogP contribution in [-0.2, 0) is 17.9 Å². The van der Waals surface area contributed by atoms with Gasteiger partial charge >= 0.3 is 0 Å². The summed E-state index contributed by atoms with van der Waals surface area (Å²) in [6.45, 7) is 4.84. The van der Waals surface area contributed by atoms with E-state index in [4.69, 9.17) is 11.6 Å². The average Bonchev–Trinajstić information content (AvgIpc) is 2.86. The van der Waals surface area contributed by atoms with Gasteiger partial charge in [0.2, 0.25) is 5.91 Å². The van der Waals surface area contributed by atoms with Gasteiger partial charge in [0.05, 0.1) is 22.6 Å². The molecule has 0 aliphatic heterocycles. The molecule has 21 heavy (non-hydrogen) atoms. The molecule has 0 unspecified atom stereocenters. The number of nitrogens with zero attached hydrogens (tertiary/aromatic N) is 3. The van der Waals surface area contributed by atoms with E-state index in [9.17, 15) is 4.79 Å². The fourth-order valence-electron chi connectivity index (χ4n) is 1.70. The first-order chi connectivity index (χ1) is 10.0. The molecule has 0 aliphatic rings. The first-order valence-electron chi connectivity index (χ1n) is 6.71. The molecule has 7 heteroatoms. The Bertz CT molecular complexity index is 611. The highest BCUT2D eigenvalue weighted by Crippen LogP contribution is 2.20. The van der Waals surface area contributed by atoms with E-state index in [0.717, 1.165) is 5.69 Å². The van der Waals surface area contributed by atoms with Crippen molar-refractivity contribution in [2.75, 3.05) is 5.32 Å². The van der Waals surface area contributed by atoms with E-state index in [1.165, 1.54) is 4.68 Å². The fraction of sp³-hybridized carbons (Fsp3) is 0.357. The third-order valence-electron chi connectivity index (χ3n) is 2.73. The summed E-state index contributed by atoms with van der Waals surface area (Å²) in [6, 6.07) is 7.47. The molecule has 1 amide bonds. The van der Waals surface area contributed by atoms with Crippen LogP contribution in [0.25, 0.3) is 0 Å². The Labute approximate surface area is 128 Å². The Hall–Kier alpha value is -1.92. The van der Waals surface area contributed by atoms with Crippen molar-refractivity contribution in [3.05, 3.63) is 41.2 Å². The molecule has 0 saturated carbocycles. The van der Waals surface area contributed by atoms with E-state index in [-0.39, 0.29) is 12.5 Å². The largest absolute Gasteiger partial charge is 0.323 e. The normalized spacial score (nSPS) is 10.9. The van der Waals surface area contributed by atoms with Crippen LogP contribution in [0.1, 0.15) is 19.5 Å². The molecule has 0 atom stereocenters. The molecule has 0 spiro atoms. The van der Waals surface area contributed by atoms with Crippen molar-refractivity contribution in [3.8, 4) is 0 Å². The quantitative estimate of drug-likeness (QED) is 0.857. The lowest BCUT2D eigenvalue weighted by molar-refractivity contribution is -0.116. The van der Waals surface area contributed by atoms with Gasteiger partial charge in [-0.25, -0.2) is 4.68 Å². The van der Waals surface area contributed by atoms with E-state index < -0.39 is 0 Å². The van der Waals surface area contributed by atoms with E-state index in [0.29, 0.717) is 23.3 Å². The van der Waals surface area contributed by atoms with Gasteiger partial charge in [0.25, 0.3) is 0 Å². The zero-order chi connectivity index (χ0) is 15.2. The molecule has 112 valence electrons. The van der Waals surface area contributed by atoms with Crippen LogP contribution in [-0.4, -0.2) is 26.9 Å². The number of hydrogen-bond acceptors (Lipinski definition) is 4. The number of nitrogens with one attached hydrogen (secondary N) is 2. The first kappa shape index (κ1) is 15.5. The van der Waals surface area contributed by atoms with Crippen LogP contribution in [0.3, 0.4) is 0 Å². The Balaban J connectivity index is 1.90. The lowest BCUT2D eigenvalue weighted by Crippen LogP contribution is -2.22. The molecular formula is C14H18ClN5O. The summed E-state index contributed by atoms with van der Waals surface area (Å²) in [5.74, 6) is -0.198. The standard InChI is InChI=1S/C14H18ClN5O/c1-10(2)16-7-11-8-20(19-18-11)9-14(21)17-13-6-4-3-5-12(13)15/h3-6,8,10,16H,7,9H2,1-2H3,(H,17,21). The Morgan fingerprint density at radius 2 is 2.14 bits per heavy atom. The van der Waals surface area contributed by atoms with Gasteiger partial charge in [0.1, 0.15) is 6.54 Å². The summed E-state index contributed by atoms with van der Waals surface area (Å²) in [5.41, 5.74) is 1.39. The molecule has 2 rings (SSSR count). The maximum absolute atomic E-state index is 11.9. The van der Waals surface area contributed by atoms with Crippen molar-refractivity contribution in [2.24, 2.45) is 0 Å². The number of anilines is 1. The zero-order valence-corrected chi connectivity index (χ0v) is 12.8. The van der Waals surface area contributed by atoms with Gasteiger partial charge in [-0.05, 0) is 12.1 Å². The number of benzene rings is 1. The van der Waals surface area contributed by atoms with Crippen LogP contribution in [0.15, 0.2) is 30.5 Å². The molecule has 1 heterocycles. The SMILES string of the molecule is CC(C)NCc1cn(CC(=O)Nc2ccccc2Cl)nn1. The molecule has 1 aromatic carbocycles. The van der Waals surface area contributed by atoms with E-state index in [1.54, 1.807) is 18.3 Å². The van der Waals surface area contributed by atoms with Crippen LogP contribution < -0.4 is 10.6 Å². The second-order valence-electron chi connectivity index (χ2n) is 4.97. The lowest BCUT2D eigenvalue weighted by atomic mass is 10.3. The number of carbonyl (C=O) groups excluding carboxylic acids is 1. The minimum absolute atomic E-state index is 0.0971. The highest BCUT2D eigenvalue weighted by atomic mass is 35.5. The highest BCUT2D eigenvalue weighted by Gasteiger charge is 2.08. The number of hydrogen-bond donors (Lipinski definition) is 2. The average molecular weight is 308 g/mol. The van der Waals surface area contributed by atoms with Gasteiger partial charge in [-0.3, -0.25) is 4.79 Å². The van der Waals surface area contributed by atoms with Gasteiger partial charge in [0, 0.05) is 12.6 Å². The molecule has 0 fully saturated rings. The molecule has 2 aromatic rings. The van der Waals surface area contributed by atoms with Gasteiger partial charge in [-0.15, -0.1) is 5.10 Å². The Morgan fingerprint density at radius 3 is 2.86 bits per heavy atom. The van der Waals surface area contributed by atoms with Gasteiger partial charge in [-0.1, -0.05) is 42.8 Å². The van der Waals surface area contributed by atoms with Crippen LogP contribution in [0.5, 0.6) is 0 Å². The summed E-state index contributed by atoms with van der Waals surface area (Å²) in [5, 5.41) is 14.4. The Kier molecular flexibility index (Phi) is 5.30. The molecule has 0 saturated heterocycles. The van der Waals surface area contributed by atoms with Crippen molar-refractivity contribution < 1.29 is 4.79 Å². The van der Waals surface area contributed by atoms with Crippen LogP contribution in [0.4, 0.5) is 5.69 Å². The van der Waals surface area contributed by atoms with E-state index in [1.807, 2.05) is 12.1 Å². The monoisotopic (exact) mass is 307 g/mol. The maximum atomic E-state index is 11.9. The molecule has 0 bridgehead atoms. The number of aromatic nitrogens is 3. The molecule has 2 N–H and O–H groups in total. The minimum atomic E-state index is -0.198. The lowest BCUT2D eigenvalue weighted by Gasteiger charge is -2.06. The second-order valence-corrected chi connectivity index (χ2v) is 5.38. The topological polar surface area (TPSA) is 71.8 Å². The van der Waals surface area contributed by atoms with Crippen molar-refractivity contribution >= 4 is 23.2 Å². The number of carbonyl (C=O) groups is 1. The van der Waals surface area contributed by atoms with Gasteiger partial charge < -0.3 is 10.6 Å². The first-order valence-corrected chi connectivity index (χ1v) is 7.09. The summed E-state index contributed by atoms with van der Waals surface area (Å²) in [7, 11) is 0. The number of halogens is 1. The number of para-hydroxylation sites is 1. The van der Waals surface area contributed by atoms with Crippen molar-refractivity contribution in [3.63, 3.8) is 0 Å². The van der Waals surface area contributed by atoms with Crippen molar-refractivity contribution in [2.45, 2.75) is 33.0 Å². The summed E-state index contributed by atoms with van der Waals surface area (Å²) in [4.78, 5) is 11.9. The van der Waals surface area contributed by atoms with Crippen LogP contribution >= 0.6 is 11.6 Å². The van der Waals surface area contributed by atoms with Gasteiger partial charge in [-0.2, -0.15) is 0 Å². The number of rotatable bonds is 6. The Morgan fingerprint density at radius 1 is 1.38 bits per heavy atom. The van der Waals surface area contributed by atoms with Crippen LogP contribution in [0, 0.1) is 0 Å². The highest BCUT2D eigenvalue weighted by molar-refractivity contribution is 6.33. The summed E-state index contributed by atoms with van der Waals surface area (Å²) >= 11 is 5.99. The molecule has 0 aliphatic carbocycles. The van der Waals surface area contributed by atoms with E-state index in [2.05, 4.69) is 34.8 Å². The fourth-order valence-corrected chi connectivity index (χ4v) is 1.89. The summed E-state index contributed by atoms with van der Waals surface area (Å²) in [6.07, 6.45) is 1.75. The third kappa shape index (κ3) is 4.84. The smallest absolute Gasteiger partial charge is 0.246 e. The predicted octanol–water partition coefficient (Wildman–Crippen LogP) is 2.07. The molecule has 1 aromatic heterocycles. The maximum Gasteiger partial charge on any atom is 0.246 e. The summed E-state index contributed by atoms with van der Waals surface area (Å²) < 4.78 is 1.50. The van der Waals surface area contributed by atoms with Crippen molar-refractivity contribution in [1.82, 2.24) is 20.3 Å².